The van der Waals surface area contributed by atoms with Gasteiger partial charge in [-0.3, -0.25) is 9.36 Å². The van der Waals surface area contributed by atoms with Crippen molar-refractivity contribution in [2.45, 2.75) is 95.1 Å². The first kappa shape index (κ1) is 33.2. The number of fused-ring (bicyclic) bond motifs is 1. The van der Waals surface area contributed by atoms with Gasteiger partial charge in [-0.05, 0) is 110 Å². The molecule has 2 fully saturated rings. The van der Waals surface area contributed by atoms with E-state index < -0.39 is 20.7 Å². The van der Waals surface area contributed by atoms with Gasteiger partial charge in [0.05, 0.1) is 10.1 Å². The summed E-state index contributed by atoms with van der Waals surface area (Å²) in [6, 6.07) is 6.81. The molecule has 4 heterocycles. The molecule has 0 unspecified atom stereocenters. The second-order valence-electron chi connectivity index (χ2n) is 13.3. The number of hydrogen-bond donors (Lipinski definition) is 1. The van der Waals surface area contributed by atoms with Crippen molar-refractivity contribution in [3.63, 3.8) is 0 Å². The van der Waals surface area contributed by atoms with Crippen LogP contribution < -0.4 is 10.9 Å². The van der Waals surface area contributed by atoms with Crippen LogP contribution in [0.5, 0.6) is 0 Å². The summed E-state index contributed by atoms with van der Waals surface area (Å²) in [4.78, 5) is 38.5. The van der Waals surface area contributed by atoms with E-state index >= 15 is 0 Å². The third-order valence-corrected chi connectivity index (χ3v) is 11.1. The number of aryl methyl sites for hydroxylation is 1. The summed E-state index contributed by atoms with van der Waals surface area (Å²) in [6.45, 7) is 13.9. The van der Waals surface area contributed by atoms with Crippen molar-refractivity contribution in [2.75, 3.05) is 31.5 Å². The number of carbonyl (C=O) groups excluding carboxylic acids is 1. The molecule has 0 radical (unpaired) electrons. The Balaban J connectivity index is 1.22. The van der Waals surface area contributed by atoms with Crippen LogP contribution in [0.25, 0.3) is 11.0 Å². The summed E-state index contributed by atoms with van der Waals surface area (Å²) in [7, 11) is -3.52. The van der Waals surface area contributed by atoms with Gasteiger partial charge in [-0.2, -0.15) is 4.98 Å². The summed E-state index contributed by atoms with van der Waals surface area (Å²) >= 11 is 6.14. The van der Waals surface area contributed by atoms with Crippen LogP contribution in [0.15, 0.2) is 40.2 Å². The number of nitrogens with one attached hydrogen (secondary N) is 1. The third kappa shape index (κ3) is 7.28. The fourth-order valence-corrected chi connectivity index (χ4v) is 8.21. The highest BCUT2D eigenvalue weighted by molar-refractivity contribution is 7.92. The fraction of sp³-hybridized carbons (Fsp3) is 0.562. The van der Waals surface area contributed by atoms with E-state index in [4.69, 9.17) is 16.3 Å². The second kappa shape index (κ2) is 12.9. The minimum atomic E-state index is -3.52. The number of aromatic nitrogens is 3. The molecular formula is C32H43ClN6O5S. The molecule has 1 N–H and O–H groups in total. The number of piperidine rings is 2. The molecule has 5 rings (SSSR count). The number of pyridine rings is 1. The first-order valence-electron chi connectivity index (χ1n) is 15.6. The van der Waals surface area contributed by atoms with Gasteiger partial charge in [0.1, 0.15) is 16.3 Å². The van der Waals surface area contributed by atoms with Crippen LogP contribution in [0, 0.1) is 6.92 Å². The number of anilines is 2. The van der Waals surface area contributed by atoms with E-state index in [0.717, 1.165) is 18.4 Å². The Bertz CT molecular complexity index is 1740. The number of ether oxygens (including phenoxy) is 1. The van der Waals surface area contributed by atoms with Gasteiger partial charge in [-0.1, -0.05) is 11.6 Å². The molecule has 0 atom stereocenters. The summed E-state index contributed by atoms with van der Waals surface area (Å²) < 4.78 is 34.4. The van der Waals surface area contributed by atoms with Gasteiger partial charge in [0, 0.05) is 42.4 Å². The van der Waals surface area contributed by atoms with Crippen molar-refractivity contribution in [1.82, 2.24) is 24.3 Å². The molecule has 2 saturated heterocycles. The molecule has 1 aromatic carbocycles. The van der Waals surface area contributed by atoms with Gasteiger partial charge in [0.15, 0.2) is 9.84 Å². The van der Waals surface area contributed by atoms with E-state index in [1.54, 1.807) is 35.4 Å². The zero-order valence-electron chi connectivity index (χ0n) is 26.8. The summed E-state index contributed by atoms with van der Waals surface area (Å²) in [5.74, 6) is 0.293. The van der Waals surface area contributed by atoms with Gasteiger partial charge >= 0.3 is 6.09 Å². The van der Waals surface area contributed by atoms with Gasteiger partial charge in [0.25, 0.3) is 5.56 Å². The largest absolute Gasteiger partial charge is 0.444 e. The molecule has 0 bridgehead atoms. The van der Waals surface area contributed by atoms with E-state index in [9.17, 15) is 18.0 Å². The molecule has 1 amide bonds. The molecule has 3 aromatic rings. The van der Waals surface area contributed by atoms with E-state index in [-0.39, 0.29) is 22.7 Å². The zero-order valence-corrected chi connectivity index (χ0v) is 28.4. The molecule has 2 aliphatic heterocycles. The van der Waals surface area contributed by atoms with E-state index in [0.29, 0.717) is 72.6 Å². The zero-order chi connectivity index (χ0) is 32.7. The number of carbonyl (C=O) groups is 1. The first-order chi connectivity index (χ1) is 21.1. The molecule has 45 heavy (non-hydrogen) atoms. The van der Waals surface area contributed by atoms with Gasteiger partial charge < -0.3 is 19.9 Å². The maximum absolute atomic E-state index is 13.7. The molecule has 13 heteroatoms. The van der Waals surface area contributed by atoms with Crippen molar-refractivity contribution in [3.8, 4) is 0 Å². The highest BCUT2D eigenvalue weighted by Gasteiger charge is 2.35. The highest BCUT2D eigenvalue weighted by Crippen LogP contribution is 2.31. The van der Waals surface area contributed by atoms with Crippen molar-refractivity contribution in [2.24, 2.45) is 0 Å². The Kier molecular flexibility index (Phi) is 9.49. The lowest BCUT2D eigenvalue weighted by Crippen LogP contribution is -2.50. The van der Waals surface area contributed by atoms with Crippen LogP contribution in [0.3, 0.4) is 0 Å². The predicted octanol–water partition coefficient (Wildman–Crippen LogP) is 5.72. The Labute approximate surface area is 269 Å². The van der Waals surface area contributed by atoms with E-state index in [1.165, 1.54) is 4.57 Å². The molecule has 0 spiro atoms. The van der Waals surface area contributed by atoms with Crippen LogP contribution in [-0.4, -0.2) is 81.9 Å². The number of likely N-dealkylation sites (tertiary alicyclic amines) is 2. The minimum Gasteiger partial charge on any atom is -0.444 e. The number of halogens is 1. The number of amides is 1. The molecule has 0 saturated carbocycles. The smallest absolute Gasteiger partial charge is 0.410 e. The van der Waals surface area contributed by atoms with Gasteiger partial charge in [-0.15, -0.1) is 0 Å². The summed E-state index contributed by atoms with van der Waals surface area (Å²) in [5.41, 5.74) is 1.05. The number of benzene rings is 1. The predicted molar refractivity (Wildman–Crippen MR) is 176 cm³/mol. The summed E-state index contributed by atoms with van der Waals surface area (Å²) in [5, 5.41) is 3.49. The van der Waals surface area contributed by atoms with Crippen molar-refractivity contribution in [1.29, 1.82) is 0 Å². The molecular weight excluding hydrogens is 616 g/mol. The third-order valence-electron chi connectivity index (χ3n) is 8.57. The topological polar surface area (TPSA) is 127 Å². The number of rotatable bonds is 6. The Morgan fingerprint density at radius 3 is 2.33 bits per heavy atom. The average molecular weight is 659 g/mol. The lowest BCUT2D eigenvalue weighted by atomic mass is 10.00. The number of hydrogen-bond acceptors (Lipinski definition) is 9. The monoisotopic (exact) mass is 658 g/mol. The Morgan fingerprint density at radius 2 is 1.73 bits per heavy atom. The van der Waals surface area contributed by atoms with Crippen molar-refractivity contribution >= 4 is 50.2 Å². The van der Waals surface area contributed by atoms with Crippen LogP contribution in [-0.2, 0) is 14.6 Å². The Morgan fingerprint density at radius 1 is 1.07 bits per heavy atom. The SMILES string of the molecule is Cc1cc(S(=O)(=O)C2CCN(C3CCN(C(=O)OC(C)(C)C)CC3)CC2)ccc1Nc1ncc2cc(Cl)c(=O)n(C(C)C)c2n1. The van der Waals surface area contributed by atoms with Crippen molar-refractivity contribution < 1.29 is 17.9 Å². The standard InChI is InChI=1S/C32H43ClN6O5S/c1-20(2)39-28-22(18-26(33)29(39)40)19-34-30(36-28)35-27-8-7-25(17-21(27)3)45(42,43)24-11-15-37(16-12-24)23-9-13-38(14-10-23)31(41)44-32(4,5)6/h7-8,17-20,23-24H,9-16H2,1-6H3,(H,34,35,36). The van der Waals surface area contributed by atoms with Crippen LogP contribution in [0.4, 0.5) is 16.4 Å². The highest BCUT2D eigenvalue weighted by atomic mass is 35.5. The average Bonchev–Trinajstić information content (AvgIpc) is 2.98. The van der Waals surface area contributed by atoms with E-state index in [2.05, 4.69) is 20.2 Å². The fourth-order valence-electron chi connectivity index (χ4n) is 6.18. The molecule has 2 aromatic heterocycles. The van der Waals surface area contributed by atoms with Gasteiger partial charge in [0.2, 0.25) is 5.95 Å². The molecule has 11 nitrogen and oxygen atoms in total. The quantitative estimate of drug-likeness (QED) is 0.354. The number of nitrogens with zero attached hydrogens (tertiary/aromatic N) is 5. The lowest BCUT2D eigenvalue weighted by Gasteiger charge is -2.41. The maximum Gasteiger partial charge on any atom is 0.410 e. The number of sulfone groups is 1. The lowest BCUT2D eigenvalue weighted by molar-refractivity contribution is 0.0131. The molecule has 244 valence electrons. The Hall–Kier alpha value is -3.22. The molecule has 2 aliphatic rings. The van der Waals surface area contributed by atoms with Crippen molar-refractivity contribution in [3.05, 3.63) is 51.4 Å². The summed E-state index contributed by atoms with van der Waals surface area (Å²) in [6.07, 6.45) is 4.19. The van der Waals surface area contributed by atoms with Crippen LogP contribution in [0.2, 0.25) is 5.02 Å². The minimum absolute atomic E-state index is 0.111. The normalized spacial score (nSPS) is 17.6. The second-order valence-corrected chi connectivity index (χ2v) is 15.9. The first-order valence-corrected chi connectivity index (χ1v) is 17.5. The molecule has 0 aliphatic carbocycles. The maximum atomic E-state index is 13.7. The van der Waals surface area contributed by atoms with Crippen LogP contribution >= 0.6 is 11.6 Å². The van der Waals surface area contributed by atoms with E-state index in [1.807, 2.05) is 41.5 Å². The van der Waals surface area contributed by atoms with Crippen LogP contribution in [0.1, 0.15) is 71.9 Å². The van der Waals surface area contributed by atoms with Gasteiger partial charge in [-0.25, -0.2) is 18.2 Å².